The van der Waals surface area contributed by atoms with Crippen LogP contribution >= 0.6 is 24.8 Å². The Kier molecular flexibility index (Phi) is 9.04. The Morgan fingerprint density at radius 2 is 1.74 bits per heavy atom. The van der Waals surface area contributed by atoms with Crippen LogP contribution in [0.2, 0.25) is 0 Å². The fraction of sp³-hybridized carbons (Fsp3) is 0.217. The molecule has 182 valence electrons. The number of para-hydroxylation sites is 1. The van der Waals surface area contributed by atoms with E-state index in [0.29, 0.717) is 17.0 Å². The minimum absolute atomic E-state index is 0. The molecule has 11 heteroatoms. The molecule has 3 aromatic rings. The van der Waals surface area contributed by atoms with Crippen molar-refractivity contribution in [1.29, 1.82) is 0 Å². The average Bonchev–Trinajstić information content (AvgIpc) is 2.77. The quantitative estimate of drug-likeness (QED) is 0.463. The highest BCUT2D eigenvalue weighted by Gasteiger charge is 2.53. The van der Waals surface area contributed by atoms with E-state index in [1.54, 1.807) is 24.4 Å². The first-order valence-electron chi connectivity index (χ1n) is 10.0. The zero-order valence-electron chi connectivity index (χ0n) is 18.0. The van der Waals surface area contributed by atoms with Crippen molar-refractivity contribution in [1.82, 2.24) is 9.29 Å². The Hall–Kier alpha value is -2.69. The van der Waals surface area contributed by atoms with Gasteiger partial charge in [-0.05, 0) is 48.4 Å². The molecule has 1 aliphatic rings. The summed E-state index contributed by atoms with van der Waals surface area (Å²) in [6, 6.07) is 19.8. The summed E-state index contributed by atoms with van der Waals surface area (Å²) >= 11 is 0. The Labute approximate surface area is 210 Å². The number of rotatable bonds is 8. The van der Waals surface area contributed by atoms with Crippen LogP contribution in [-0.4, -0.2) is 47.9 Å². The van der Waals surface area contributed by atoms with Crippen molar-refractivity contribution >= 4 is 40.8 Å². The molecule has 1 fully saturated rings. The summed E-state index contributed by atoms with van der Waals surface area (Å²) in [6.07, 6.45) is 1.69. The van der Waals surface area contributed by atoms with Gasteiger partial charge in [0.05, 0.1) is 23.7 Å². The van der Waals surface area contributed by atoms with Gasteiger partial charge in [-0.25, -0.2) is 8.42 Å². The summed E-state index contributed by atoms with van der Waals surface area (Å²) in [5.74, 6) is -0.515. The van der Waals surface area contributed by atoms with Crippen molar-refractivity contribution in [2.75, 3.05) is 13.1 Å². The number of nitrogens with zero attached hydrogens (tertiary/aromatic N) is 2. The fourth-order valence-corrected chi connectivity index (χ4v) is 5.25. The van der Waals surface area contributed by atoms with Crippen LogP contribution in [0.5, 0.6) is 5.75 Å². The minimum Gasteiger partial charge on any atom is -0.480 e. The van der Waals surface area contributed by atoms with E-state index < -0.39 is 27.6 Å². The van der Waals surface area contributed by atoms with Gasteiger partial charge in [-0.2, -0.15) is 4.31 Å². The normalized spacial score (nSPS) is 15.7. The topological polar surface area (TPSA) is 123 Å². The van der Waals surface area contributed by atoms with Crippen LogP contribution < -0.4 is 10.5 Å². The smallest absolute Gasteiger partial charge is 0.320 e. The van der Waals surface area contributed by atoms with Gasteiger partial charge in [-0.3, -0.25) is 9.78 Å². The number of halogens is 2. The lowest BCUT2D eigenvalue weighted by atomic mass is 9.92. The molecule has 0 unspecified atom stereocenters. The first-order chi connectivity index (χ1) is 15.3. The predicted molar refractivity (Wildman–Crippen MR) is 132 cm³/mol. The molecule has 0 amide bonds. The summed E-state index contributed by atoms with van der Waals surface area (Å²) in [5.41, 5.74) is 5.88. The third-order valence-electron chi connectivity index (χ3n) is 5.36. The van der Waals surface area contributed by atoms with Crippen molar-refractivity contribution < 1.29 is 23.1 Å². The maximum absolute atomic E-state index is 13.3. The number of carboxylic acid groups (broad SMARTS) is 1. The largest absolute Gasteiger partial charge is 0.480 e. The number of benzene rings is 2. The van der Waals surface area contributed by atoms with Crippen LogP contribution in [0, 0.1) is 0 Å². The highest BCUT2D eigenvalue weighted by Crippen LogP contribution is 2.39. The molecule has 4 rings (SSSR count). The van der Waals surface area contributed by atoms with Gasteiger partial charge in [0.1, 0.15) is 11.8 Å². The van der Waals surface area contributed by atoms with Gasteiger partial charge in [0.2, 0.25) is 10.0 Å². The molecule has 1 atom stereocenters. The highest BCUT2D eigenvalue weighted by molar-refractivity contribution is 7.89. The first kappa shape index (κ1) is 27.6. The van der Waals surface area contributed by atoms with Crippen molar-refractivity contribution in [2.45, 2.75) is 23.0 Å². The molecular formula is C23H25Cl2N3O5S. The summed E-state index contributed by atoms with van der Waals surface area (Å²) < 4.78 is 34.1. The van der Waals surface area contributed by atoms with Crippen LogP contribution in [0.1, 0.15) is 11.3 Å². The van der Waals surface area contributed by atoms with E-state index in [1.165, 1.54) is 16.4 Å². The van der Waals surface area contributed by atoms with Crippen LogP contribution in [0.25, 0.3) is 0 Å². The van der Waals surface area contributed by atoms with Gasteiger partial charge < -0.3 is 15.6 Å². The number of ether oxygens (including phenoxy) is 1. The van der Waals surface area contributed by atoms with Gasteiger partial charge in [0.25, 0.3) is 0 Å². The molecule has 3 N–H and O–H groups in total. The Balaban J connectivity index is 0.00000204. The van der Waals surface area contributed by atoms with Crippen molar-refractivity contribution in [3.05, 3.63) is 90.3 Å². The molecule has 0 radical (unpaired) electrons. The Morgan fingerprint density at radius 1 is 1.06 bits per heavy atom. The lowest BCUT2D eigenvalue weighted by molar-refractivity contribution is -0.138. The number of aliphatic carboxylic acids is 1. The lowest BCUT2D eigenvalue weighted by Gasteiger charge is -2.48. The molecule has 0 aliphatic carbocycles. The third-order valence-corrected chi connectivity index (χ3v) is 7.15. The van der Waals surface area contributed by atoms with E-state index in [9.17, 15) is 13.2 Å². The zero-order valence-corrected chi connectivity index (χ0v) is 20.4. The number of hydrogen-bond donors (Lipinski definition) is 2. The second-order valence-electron chi connectivity index (χ2n) is 7.69. The Morgan fingerprint density at radius 3 is 2.35 bits per heavy atom. The van der Waals surface area contributed by atoms with E-state index >= 15 is 0 Å². The number of nitrogens with two attached hydrogens (primary N) is 1. The number of sulfonamides is 1. The van der Waals surface area contributed by atoms with Gasteiger partial charge in [-0.1, -0.05) is 36.4 Å². The van der Waals surface area contributed by atoms with E-state index in [-0.39, 0.29) is 49.2 Å². The standard InChI is InChI=1S/C23H23N3O5S.2ClH/c24-20(22(27)28)14-17-7-6-10-19(13-17)32(29,30)26-15-23(16-26,21-11-4-5-12-25-21)31-18-8-2-1-3-9-18;;/h1-13,20H,14-16,24H2,(H,27,28);2*1H/t20-;;/m0../s1. The molecule has 0 spiro atoms. The fourth-order valence-electron chi connectivity index (χ4n) is 3.64. The number of carboxylic acids is 1. The van der Waals surface area contributed by atoms with E-state index in [0.717, 1.165) is 0 Å². The minimum atomic E-state index is -3.81. The highest BCUT2D eigenvalue weighted by atomic mass is 35.5. The van der Waals surface area contributed by atoms with Crippen molar-refractivity contribution in [3.8, 4) is 5.75 Å². The second kappa shape index (κ2) is 11.2. The molecule has 0 saturated carbocycles. The molecule has 8 nitrogen and oxygen atoms in total. The summed E-state index contributed by atoms with van der Waals surface area (Å²) in [4.78, 5) is 15.5. The SMILES string of the molecule is Cl.Cl.N[C@@H](Cc1cccc(S(=O)(=O)N2CC(Oc3ccccc3)(c3ccccn3)C2)c1)C(=O)O. The van der Waals surface area contributed by atoms with E-state index in [1.807, 2.05) is 42.5 Å². The number of pyridine rings is 1. The Bertz CT molecular complexity index is 1210. The number of hydrogen-bond acceptors (Lipinski definition) is 6. The van der Waals surface area contributed by atoms with Crippen LogP contribution in [0.3, 0.4) is 0 Å². The summed E-state index contributed by atoms with van der Waals surface area (Å²) in [7, 11) is -3.81. The van der Waals surface area contributed by atoms with Gasteiger partial charge in [-0.15, -0.1) is 24.8 Å². The molecule has 1 saturated heterocycles. The van der Waals surface area contributed by atoms with Crippen LogP contribution in [0.4, 0.5) is 0 Å². The number of aromatic nitrogens is 1. The van der Waals surface area contributed by atoms with Gasteiger partial charge in [0, 0.05) is 6.20 Å². The molecule has 2 heterocycles. The average molecular weight is 526 g/mol. The predicted octanol–water partition coefficient (Wildman–Crippen LogP) is 2.86. The molecule has 2 aromatic carbocycles. The van der Waals surface area contributed by atoms with Gasteiger partial charge in [0.15, 0.2) is 5.60 Å². The monoisotopic (exact) mass is 525 g/mol. The van der Waals surface area contributed by atoms with E-state index in [4.69, 9.17) is 15.6 Å². The van der Waals surface area contributed by atoms with Gasteiger partial charge >= 0.3 is 5.97 Å². The lowest BCUT2D eigenvalue weighted by Crippen LogP contribution is -2.64. The summed E-state index contributed by atoms with van der Waals surface area (Å²) in [6.45, 7) is 0.195. The van der Waals surface area contributed by atoms with Crippen LogP contribution in [0.15, 0.2) is 83.9 Å². The molecular weight excluding hydrogens is 501 g/mol. The molecule has 1 aliphatic heterocycles. The number of carbonyl (C=O) groups is 1. The molecule has 1 aromatic heterocycles. The van der Waals surface area contributed by atoms with Crippen molar-refractivity contribution in [3.63, 3.8) is 0 Å². The summed E-state index contributed by atoms with van der Waals surface area (Å²) in [5, 5.41) is 9.02. The van der Waals surface area contributed by atoms with E-state index in [2.05, 4.69) is 4.98 Å². The van der Waals surface area contributed by atoms with Crippen molar-refractivity contribution in [2.24, 2.45) is 5.73 Å². The molecule has 34 heavy (non-hydrogen) atoms. The first-order valence-corrected chi connectivity index (χ1v) is 11.5. The van der Waals surface area contributed by atoms with Crippen LogP contribution in [-0.2, 0) is 26.8 Å². The maximum Gasteiger partial charge on any atom is 0.320 e. The molecule has 0 bridgehead atoms. The second-order valence-corrected chi connectivity index (χ2v) is 9.63. The maximum atomic E-state index is 13.3. The zero-order chi connectivity index (χ0) is 22.8. The third kappa shape index (κ3) is 5.68.